The average molecular weight is 285 g/mol. The van der Waals surface area contributed by atoms with Crippen LogP contribution in [0.4, 0.5) is 4.79 Å². The predicted octanol–water partition coefficient (Wildman–Crippen LogP) is 1.57. The van der Waals surface area contributed by atoms with Crippen molar-refractivity contribution in [1.29, 1.82) is 0 Å². The van der Waals surface area contributed by atoms with E-state index in [9.17, 15) is 9.59 Å². The number of hydrogen-bond acceptors (Lipinski definition) is 5. The minimum atomic E-state index is -0.519. The number of rotatable bonds is 2. The molecule has 1 amide bonds. The van der Waals surface area contributed by atoms with E-state index < -0.39 is 5.60 Å². The van der Waals surface area contributed by atoms with Gasteiger partial charge in [-0.2, -0.15) is 0 Å². The van der Waals surface area contributed by atoms with Crippen LogP contribution in [0.1, 0.15) is 34.1 Å². The lowest BCUT2D eigenvalue weighted by molar-refractivity contribution is -0.150. The largest absolute Gasteiger partial charge is 0.466 e. The molecule has 0 N–H and O–H groups in total. The molecule has 0 aromatic rings. The molecule has 6 nitrogen and oxygen atoms in total. The Hall–Kier alpha value is -1.30. The van der Waals surface area contributed by atoms with Crippen molar-refractivity contribution < 1.29 is 23.8 Å². The first-order valence-corrected chi connectivity index (χ1v) is 7.10. The zero-order chi connectivity index (χ0) is 14.9. The van der Waals surface area contributed by atoms with Gasteiger partial charge in [0.2, 0.25) is 0 Å². The summed E-state index contributed by atoms with van der Waals surface area (Å²) in [6.07, 6.45) is -0.112. The monoisotopic (exact) mass is 285 g/mol. The molecule has 20 heavy (non-hydrogen) atoms. The van der Waals surface area contributed by atoms with E-state index in [1.165, 1.54) is 0 Å². The summed E-state index contributed by atoms with van der Waals surface area (Å²) in [6, 6.07) is 0. The molecular formula is C14H23NO5. The van der Waals surface area contributed by atoms with Crippen LogP contribution in [0.3, 0.4) is 0 Å². The zero-order valence-corrected chi connectivity index (χ0v) is 12.5. The van der Waals surface area contributed by atoms with Gasteiger partial charge in [0.1, 0.15) is 5.60 Å². The molecule has 0 unspecified atom stereocenters. The molecule has 2 bridgehead atoms. The summed E-state index contributed by atoms with van der Waals surface area (Å²) in [4.78, 5) is 25.6. The Morgan fingerprint density at radius 3 is 2.60 bits per heavy atom. The van der Waals surface area contributed by atoms with Crippen LogP contribution in [0.5, 0.6) is 0 Å². The van der Waals surface area contributed by atoms with Crippen LogP contribution in [0.25, 0.3) is 0 Å². The second kappa shape index (κ2) is 5.60. The molecule has 114 valence electrons. The number of fused-ring (bicyclic) bond motifs is 2. The van der Waals surface area contributed by atoms with Gasteiger partial charge in [0, 0.05) is 0 Å². The molecule has 0 radical (unpaired) electrons. The van der Waals surface area contributed by atoms with Gasteiger partial charge in [-0.15, -0.1) is 0 Å². The molecule has 6 heteroatoms. The number of hydrogen-bond donors (Lipinski definition) is 0. The third kappa shape index (κ3) is 3.42. The topological polar surface area (TPSA) is 65.1 Å². The molecule has 2 aliphatic heterocycles. The standard InChI is InChI=1S/C14H23NO5/c1-5-18-12(16)10-6-9-7-15(8-11(10)19-9)13(17)20-14(2,3)4/h9-11H,5-8H2,1-4H3/t9-,10-,11+/m0/s1. The van der Waals surface area contributed by atoms with Gasteiger partial charge in [0.05, 0.1) is 37.8 Å². The molecule has 0 aromatic heterocycles. The van der Waals surface area contributed by atoms with E-state index in [1.54, 1.807) is 11.8 Å². The number of carbonyl (C=O) groups excluding carboxylic acids is 2. The number of ether oxygens (including phenoxy) is 3. The molecule has 2 rings (SSSR count). The molecule has 0 aliphatic carbocycles. The van der Waals surface area contributed by atoms with Crippen molar-refractivity contribution in [2.24, 2.45) is 5.92 Å². The number of carbonyl (C=O) groups is 2. The Balaban J connectivity index is 1.96. The molecule has 0 aromatic carbocycles. The average Bonchev–Trinajstić information content (AvgIpc) is 2.62. The number of morpholine rings is 1. The predicted molar refractivity (Wildman–Crippen MR) is 71.2 cm³/mol. The Kier molecular flexibility index (Phi) is 4.22. The summed E-state index contributed by atoms with van der Waals surface area (Å²) < 4.78 is 16.2. The van der Waals surface area contributed by atoms with Gasteiger partial charge in [0.15, 0.2) is 0 Å². The van der Waals surface area contributed by atoms with Gasteiger partial charge >= 0.3 is 12.1 Å². The fraction of sp³-hybridized carbons (Fsp3) is 0.857. The van der Waals surface area contributed by atoms with Gasteiger partial charge in [-0.3, -0.25) is 4.79 Å². The van der Waals surface area contributed by atoms with Crippen molar-refractivity contribution in [3.63, 3.8) is 0 Å². The highest BCUT2D eigenvalue weighted by atomic mass is 16.6. The molecular weight excluding hydrogens is 262 g/mol. The first-order valence-electron chi connectivity index (χ1n) is 7.10. The number of esters is 1. The molecule has 2 fully saturated rings. The maximum atomic E-state index is 12.1. The van der Waals surface area contributed by atoms with Gasteiger partial charge in [-0.05, 0) is 34.1 Å². The third-order valence-electron chi connectivity index (χ3n) is 3.40. The zero-order valence-electron chi connectivity index (χ0n) is 12.5. The van der Waals surface area contributed by atoms with Crippen molar-refractivity contribution in [2.45, 2.75) is 51.9 Å². The van der Waals surface area contributed by atoms with E-state index in [0.717, 1.165) is 0 Å². The molecule has 3 atom stereocenters. The van der Waals surface area contributed by atoms with Crippen molar-refractivity contribution in [3.8, 4) is 0 Å². The van der Waals surface area contributed by atoms with Gasteiger partial charge < -0.3 is 19.1 Å². The van der Waals surface area contributed by atoms with E-state index >= 15 is 0 Å². The van der Waals surface area contributed by atoms with Crippen LogP contribution in [0, 0.1) is 5.92 Å². The number of amides is 1. The first kappa shape index (κ1) is 15.1. The quantitative estimate of drug-likeness (QED) is 0.721. The van der Waals surface area contributed by atoms with Crippen LogP contribution < -0.4 is 0 Å². The van der Waals surface area contributed by atoms with Crippen LogP contribution in [0.15, 0.2) is 0 Å². The Morgan fingerprint density at radius 1 is 1.30 bits per heavy atom. The van der Waals surface area contributed by atoms with Gasteiger partial charge in [0.25, 0.3) is 0 Å². The van der Waals surface area contributed by atoms with E-state index in [2.05, 4.69) is 0 Å². The lowest BCUT2D eigenvalue weighted by Gasteiger charge is -2.34. The smallest absolute Gasteiger partial charge is 0.410 e. The van der Waals surface area contributed by atoms with E-state index in [1.807, 2.05) is 20.8 Å². The van der Waals surface area contributed by atoms with Crippen LogP contribution in [0.2, 0.25) is 0 Å². The number of nitrogens with zero attached hydrogens (tertiary/aromatic N) is 1. The highest BCUT2D eigenvalue weighted by Crippen LogP contribution is 2.33. The van der Waals surface area contributed by atoms with Crippen molar-refractivity contribution >= 4 is 12.1 Å². The summed E-state index contributed by atoms with van der Waals surface area (Å²) >= 11 is 0. The fourth-order valence-electron chi connectivity index (χ4n) is 2.63. The lowest BCUT2D eigenvalue weighted by Crippen LogP contribution is -2.48. The normalized spacial score (nSPS) is 29.2. The van der Waals surface area contributed by atoms with Gasteiger partial charge in [-0.1, -0.05) is 0 Å². The Morgan fingerprint density at radius 2 is 2.00 bits per heavy atom. The van der Waals surface area contributed by atoms with Crippen molar-refractivity contribution in [1.82, 2.24) is 4.90 Å². The van der Waals surface area contributed by atoms with Crippen LogP contribution in [-0.4, -0.2) is 54.5 Å². The molecule has 0 spiro atoms. The fourth-order valence-corrected chi connectivity index (χ4v) is 2.63. The van der Waals surface area contributed by atoms with E-state index in [4.69, 9.17) is 14.2 Å². The summed E-state index contributed by atoms with van der Waals surface area (Å²) in [5, 5.41) is 0. The molecule has 2 heterocycles. The minimum Gasteiger partial charge on any atom is -0.466 e. The molecule has 2 saturated heterocycles. The summed E-state index contributed by atoms with van der Waals surface area (Å²) in [6.45, 7) is 8.51. The second-order valence-electron chi connectivity index (χ2n) is 6.28. The summed E-state index contributed by atoms with van der Waals surface area (Å²) in [5.74, 6) is -0.501. The maximum absolute atomic E-state index is 12.1. The van der Waals surface area contributed by atoms with Crippen molar-refractivity contribution in [2.75, 3.05) is 19.7 Å². The Bertz CT molecular complexity index is 390. The molecule has 2 aliphatic rings. The Labute approximate surface area is 119 Å². The van der Waals surface area contributed by atoms with E-state index in [0.29, 0.717) is 26.1 Å². The summed E-state index contributed by atoms with van der Waals surface area (Å²) in [5.41, 5.74) is -0.519. The van der Waals surface area contributed by atoms with Crippen LogP contribution in [-0.2, 0) is 19.0 Å². The highest BCUT2D eigenvalue weighted by molar-refractivity contribution is 5.74. The number of likely N-dealkylation sites (tertiary alicyclic amines) is 1. The minimum absolute atomic E-state index is 0.101. The molecule has 0 saturated carbocycles. The lowest BCUT2D eigenvalue weighted by atomic mass is 10.0. The van der Waals surface area contributed by atoms with Crippen LogP contribution >= 0.6 is 0 Å². The SMILES string of the molecule is CCOC(=O)[C@H]1C[C@H]2CN(C(=O)OC(C)(C)C)C[C@H]1O2. The first-order chi connectivity index (χ1) is 9.30. The summed E-state index contributed by atoms with van der Waals surface area (Å²) in [7, 11) is 0. The van der Waals surface area contributed by atoms with E-state index in [-0.39, 0.29) is 30.2 Å². The van der Waals surface area contributed by atoms with Gasteiger partial charge in [-0.25, -0.2) is 4.79 Å². The highest BCUT2D eigenvalue weighted by Gasteiger charge is 2.47. The maximum Gasteiger partial charge on any atom is 0.410 e. The third-order valence-corrected chi connectivity index (χ3v) is 3.40. The second-order valence-corrected chi connectivity index (χ2v) is 6.28. The van der Waals surface area contributed by atoms with Crippen molar-refractivity contribution in [3.05, 3.63) is 0 Å².